The van der Waals surface area contributed by atoms with E-state index in [1.807, 2.05) is 0 Å². The molecule has 0 radical (unpaired) electrons. The smallest absolute Gasteiger partial charge is 0.310 e. The molecule has 18 heavy (non-hydrogen) atoms. The topological polar surface area (TPSA) is 86.7 Å². The van der Waals surface area contributed by atoms with Gasteiger partial charge in [-0.3, -0.25) is 4.79 Å². The van der Waals surface area contributed by atoms with Crippen LogP contribution < -0.4 is 4.72 Å². The van der Waals surface area contributed by atoms with Crippen LogP contribution >= 0.6 is 0 Å². The summed E-state index contributed by atoms with van der Waals surface area (Å²) in [4.78, 5) is 11.3. The third kappa shape index (κ3) is 3.21. The van der Waals surface area contributed by atoms with E-state index in [-0.39, 0.29) is 12.6 Å². The summed E-state index contributed by atoms with van der Waals surface area (Å²) in [6, 6.07) is -0.160. The molecular formula is C11H22N2O4S. The van der Waals surface area contributed by atoms with E-state index in [0.717, 1.165) is 12.8 Å². The van der Waals surface area contributed by atoms with Gasteiger partial charge in [0, 0.05) is 19.6 Å². The average Bonchev–Trinajstić information content (AvgIpc) is 2.75. The van der Waals surface area contributed by atoms with Crippen molar-refractivity contribution < 1.29 is 18.3 Å². The molecule has 1 fully saturated rings. The van der Waals surface area contributed by atoms with Crippen molar-refractivity contribution in [3.8, 4) is 0 Å². The van der Waals surface area contributed by atoms with Crippen molar-refractivity contribution in [1.29, 1.82) is 0 Å². The normalized spacial score (nSPS) is 19.6. The second-order valence-corrected chi connectivity index (χ2v) is 7.04. The summed E-state index contributed by atoms with van der Waals surface area (Å²) >= 11 is 0. The summed E-state index contributed by atoms with van der Waals surface area (Å²) < 4.78 is 27.5. The van der Waals surface area contributed by atoms with Crippen LogP contribution in [0.5, 0.6) is 0 Å². The van der Waals surface area contributed by atoms with Crippen molar-refractivity contribution in [1.82, 2.24) is 9.03 Å². The Balaban J connectivity index is 2.72. The third-order valence-corrected chi connectivity index (χ3v) is 5.40. The van der Waals surface area contributed by atoms with Gasteiger partial charge in [0.1, 0.15) is 0 Å². The summed E-state index contributed by atoms with van der Waals surface area (Å²) in [6.45, 7) is 3.51. The first kappa shape index (κ1) is 15.4. The van der Waals surface area contributed by atoms with Crippen molar-refractivity contribution in [3.63, 3.8) is 0 Å². The first-order chi connectivity index (χ1) is 8.21. The lowest BCUT2D eigenvalue weighted by atomic mass is 9.87. The van der Waals surface area contributed by atoms with Gasteiger partial charge in [0.15, 0.2) is 0 Å². The Morgan fingerprint density at radius 1 is 1.39 bits per heavy atom. The molecule has 1 aliphatic rings. The highest BCUT2D eigenvalue weighted by atomic mass is 32.2. The molecule has 0 atom stereocenters. The fourth-order valence-corrected chi connectivity index (χ4v) is 3.34. The van der Waals surface area contributed by atoms with Crippen LogP contribution in [0.1, 0.15) is 39.5 Å². The van der Waals surface area contributed by atoms with Gasteiger partial charge in [-0.25, -0.2) is 4.72 Å². The molecule has 0 aromatic heterocycles. The van der Waals surface area contributed by atoms with Gasteiger partial charge in [-0.15, -0.1) is 0 Å². The highest BCUT2D eigenvalue weighted by Crippen LogP contribution is 2.37. The van der Waals surface area contributed by atoms with Crippen LogP contribution in [0.25, 0.3) is 0 Å². The fourth-order valence-electron chi connectivity index (χ4n) is 2.13. The van der Waals surface area contributed by atoms with Crippen LogP contribution in [-0.4, -0.2) is 43.4 Å². The molecule has 0 saturated heterocycles. The number of nitrogens with zero attached hydrogens (tertiary/aromatic N) is 1. The zero-order chi connectivity index (χ0) is 14.0. The Hall–Kier alpha value is -0.660. The third-order valence-electron chi connectivity index (χ3n) is 3.71. The van der Waals surface area contributed by atoms with Crippen LogP contribution in [0, 0.1) is 5.41 Å². The van der Waals surface area contributed by atoms with Crippen molar-refractivity contribution in [2.24, 2.45) is 5.41 Å². The highest BCUT2D eigenvalue weighted by molar-refractivity contribution is 7.87. The van der Waals surface area contributed by atoms with E-state index in [9.17, 15) is 18.3 Å². The minimum absolute atomic E-state index is 0.0261. The van der Waals surface area contributed by atoms with Gasteiger partial charge in [-0.1, -0.05) is 12.8 Å². The molecule has 0 aromatic carbocycles. The zero-order valence-corrected chi connectivity index (χ0v) is 12.0. The van der Waals surface area contributed by atoms with E-state index in [0.29, 0.717) is 12.8 Å². The average molecular weight is 278 g/mol. The molecule has 106 valence electrons. The highest BCUT2D eigenvalue weighted by Gasteiger charge is 2.42. The number of rotatable bonds is 6. The molecule has 0 aromatic rings. The molecule has 0 spiro atoms. The molecular weight excluding hydrogens is 256 g/mol. The van der Waals surface area contributed by atoms with Crippen molar-refractivity contribution >= 4 is 16.2 Å². The predicted octanol–water partition coefficient (Wildman–Crippen LogP) is 0.806. The van der Waals surface area contributed by atoms with Gasteiger partial charge in [0.05, 0.1) is 5.41 Å². The van der Waals surface area contributed by atoms with Gasteiger partial charge in [-0.2, -0.15) is 12.7 Å². The lowest BCUT2D eigenvalue weighted by molar-refractivity contribution is -0.148. The first-order valence-electron chi connectivity index (χ1n) is 6.17. The Bertz CT molecular complexity index is 399. The van der Waals surface area contributed by atoms with E-state index in [2.05, 4.69) is 4.72 Å². The van der Waals surface area contributed by atoms with Crippen molar-refractivity contribution in [3.05, 3.63) is 0 Å². The lowest BCUT2D eigenvalue weighted by Crippen LogP contribution is -2.47. The van der Waals surface area contributed by atoms with Crippen LogP contribution in [-0.2, 0) is 15.0 Å². The van der Waals surface area contributed by atoms with E-state index >= 15 is 0 Å². The first-order valence-corrected chi connectivity index (χ1v) is 7.61. The number of hydrogen-bond donors (Lipinski definition) is 2. The Kier molecular flexibility index (Phi) is 4.74. The molecule has 0 heterocycles. The van der Waals surface area contributed by atoms with Crippen LogP contribution in [0.4, 0.5) is 0 Å². The van der Waals surface area contributed by atoms with Crippen molar-refractivity contribution in [2.75, 3.05) is 13.6 Å². The van der Waals surface area contributed by atoms with Crippen molar-refractivity contribution in [2.45, 2.75) is 45.6 Å². The Morgan fingerprint density at radius 3 is 2.28 bits per heavy atom. The van der Waals surface area contributed by atoms with E-state index in [1.165, 1.54) is 11.4 Å². The second kappa shape index (κ2) is 5.54. The van der Waals surface area contributed by atoms with E-state index in [1.54, 1.807) is 13.8 Å². The minimum Gasteiger partial charge on any atom is -0.481 e. The van der Waals surface area contributed by atoms with Gasteiger partial charge in [0.25, 0.3) is 10.2 Å². The summed E-state index contributed by atoms with van der Waals surface area (Å²) in [5.41, 5.74) is -0.926. The molecule has 1 aliphatic carbocycles. The Morgan fingerprint density at radius 2 is 1.89 bits per heavy atom. The molecule has 0 bridgehead atoms. The minimum atomic E-state index is -3.60. The summed E-state index contributed by atoms with van der Waals surface area (Å²) in [5, 5.41) is 9.26. The van der Waals surface area contributed by atoms with Gasteiger partial charge >= 0.3 is 5.97 Å². The monoisotopic (exact) mass is 278 g/mol. The molecule has 6 nitrogen and oxygen atoms in total. The summed E-state index contributed by atoms with van der Waals surface area (Å²) in [5.74, 6) is -0.908. The van der Waals surface area contributed by atoms with Crippen LogP contribution in [0.2, 0.25) is 0 Å². The molecule has 1 saturated carbocycles. The number of nitrogens with one attached hydrogen (secondary N) is 1. The number of carboxylic acid groups (broad SMARTS) is 1. The zero-order valence-electron chi connectivity index (χ0n) is 11.1. The SMILES string of the molecule is CC(C)N(C)S(=O)(=O)NCC1(C(=O)O)CCCC1. The number of carboxylic acids is 1. The largest absolute Gasteiger partial charge is 0.481 e. The fraction of sp³-hybridized carbons (Fsp3) is 0.909. The van der Waals surface area contributed by atoms with Gasteiger partial charge < -0.3 is 5.11 Å². The maximum atomic E-state index is 11.9. The molecule has 2 N–H and O–H groups in total. The summed E-state index contributed by atoms with van der Waals surface area (Å²) in [7, 11) is -2.12. The maximum absolute atomic E-state index is 11.9. The van der Waals surface area contributed by atoms with Crippen LogP contribution in [0.15, 0.2) is 0 Å². The van der Waals surface area contributed by atoms with Crippen LogP contribution in [0.3, 0.4) is 0 Å². The number of aliphatic carboxylic acids is 1. The molecule has 0 aliphatic heterocycles. The lowest BCUT2D eigenvalue weighted by Gasteiger charge is -2.27. The molecule has 7 heteroatoms. The number of carbonyl (C=O) groups is 1. The Labute approximate surface area is 109 Å². The standard InChI is InChI=1S/C11H22N2O4S/c1-9(2)13(3)18(16,17)12-8-11(10(14)15)6-4-5-7-11/h9,12H,4-8H2,1-3H3,(H,14,15). The maximum Gasteiger partial charge on any atom is 0.310 e. The van der Waals surface area contributed by atoms with Gasteiger partial charge in [0.2, 0.25) is 0 Å². The molecule has 0 amide bonds. The van der Waals surface area contributed by atoms with E-state index < -0.39 is 21.6 Å². The van der Waals surface area contributed by atoms with E-state index in [4.69, 9.17) is 0 Å². The summed E-state index contributed by atoms with van der Waals surface area (Å²) in [6.07, 6.45) is 2.76. The predicted molar refractivity (Wildman–Crippen MR) is 68.4 cm³/mol. The molecule has 0 unspecified atom stereocenters. The quantitative estimate of drug-likeness (QED) is 0.752. The molecule has 1 rings (SSSR count). The number of hydrogen-bond acceptors (Lipinski definition) is 3. The second-order valence-electron chi connectivity index (χ2n) is 5.23. The van der Waals surface area contributed by atoms with Gasteiger partial charge in [-0.05, 0) is 26.7 Å².